The Balaban J connectivity index is 1.89. The molecule has 25 heavy (non-hydrogen) atoms. The molecule has 5 nitrogen and oxygen atoms in total. The maximum absolute atomic E-state index is 13.0. The minimum absolute atomic E-state index is 0.330. The first kappa shape index (κ1) is 17.9. The molecule has 0 aliphatic carbocycles. The highest BCUT2D eigenvalue weighted by Crippen LogP contribution is 2.34. The molecule has 3 rings (SSSR count). The van der Waals surface area contributed by atoms with E-state index in [-0.39, 0.29) is 12.3 Å². The number of rotatable bonds is 5. The molecule has 1 aromatic carbocycles. The molecule has 1 fully saturated rings. The van der Waals surface area contributed by atoms with E-state index < -0.39 is 17.5 Å². The first-order chi connectivity index (χ1) is 11.9. The lowest BCUT2D eigenvalue weighted by atomic mass is 9.87. The van der Waals surface area contributed by atoms with E-state index >= 15 is 0 Å². The van der Waals surface area contributed by atoms with Crippen molar-refractivity contribution in [3.63, 3.8) is 0 Å². The van der Waals surface area contributed by atoms with Crippen LogP contribution in [0.5, 0.6) is 0 Å². The van der Waals surface area contributed by atoms with Gasteiger partial charge in [0, 0.05) is 5.02 Å². The van der Waals surface area contributed by atoms with Gasteiger partial charge in [0.1, 0.15) is 5.54 Å². The maximum atomic E-state index is 13.0. The SMILES string of the molecule is CCC1(c2cccc(Cl)c2)NC(=O)N(CC(=O)c2ccc(Cl)s2)C1=O. The Morgan fingerprint density at radius 2 is 2.00 bits per heavy atom. The van der Waals surface area contributed by atoms with Gasteiger partial charge in [-0.1, -0.05) is 42.3 Å². The molecule has 1 saturated heterocycles. The highest BCUT2D eigenvalue weighted by atomic mass is 35.5. The number of benzene rings is 1. The number of carbonyl (C=O) groups excluding carboxylic acids is 3. The number of Topliss-reactive ketones (excluding diaryl/α,β-unsaturated/α-hetero) is 1. The minimum Gasteiger partial charge on any atom is -0.319 e. The zero-order chi connectivity index (χ0) is 18.2. The molecule has 0 saturated carbocycles. The molecular weight excluding hydrogens is 383 g/mol. The van der Waals surface area contributed by atoms with Crippen molar-refractivity contribution in [1.82, 2.24) is 10.2 Å². The first-order valence-electron chi connectivity index (χ1n) is 7.56. The fourth-order valence-corrected chi connectivity index (χ4v) is 4.01. The van der Waals surface area contributed by atoms with Gasteiger partial charge < -0.3 is 5.32 Å². The molecule has 2 aromatic rings. The van der Waals surface area contributed by atoms with Crippen molar-refractivity contribution in [3.8, 4) is 0 Å². The lowest BCUT2D eigenvalue weighted by Gasteiger charge is -2.25. The smallest absolute Gasteiger partial charge is 0.319 e. The van der Waals surface area contributed by atoms with Gasteiger partial charge in [-0.15, -0.1) is 11.3 Å². The van der Waals surface area contributed by atoms with E-state index in [1.807, 2.05) is 0 Å². The van der Waals surface area contributed by atoms with Crippen molar-refractivity contribution in [3.05, 3.63) is 56.2 Å². The normalized spacial score (nSPS) is 20.0. The Hall–Kier alpha value is -1.89. The van der Waals surface area contributed by atoms with Crippen LogP contribution in [-0.4, -0.2) is 29.2 Å². The molecule has 130 valence electrons. The van der Waals surface area contributed by atoms with Gasteiger partial charge in [0.2, 0.25) is 0 Å². The molecule has 1 unspecified atom stereocenters. The van der Waals surface area contributed by atoms with Crippen LogP contribution in [-0.2, 0) is 10.3 Å². The maximum Gasteiger partial charge on any atom is 0.325 e. The second kappa shape index (κ2) is 6.78. The fourth-order valence-electron chi connectivity index (χ4n) is 2.85. The van der Waals surface area contributed by atoms with Crippen molar-refractivity contribution < 1.29 is 14.4 Å². The molecule has 2 heterocycles. The van der Waals surface area contributed by atoms with Crippen LogP contribution in [0.4, 0.5) is 4.79 Å². The Morgan fingerprint density at radius 1 is 1.24 bits per heavy atom. The summed E-state index contributed by atoms with van der Waals surface area (Å²) in [6.45, 7) is 1.47. The number of imide groups is 1. The van der Waals surface area contributed by atoms with Gasteiger partial charge in [-0.25, -0.2) is 4.79 Å². The molecule has 0 spiro atoms. The lowest BCUT2D eigenvalue weighted by Crippen LogP contribution is -2.43. The Morgan fingerprint density at radius 3 is 2.60 bits per heavy atom. The molecule has 0 radical (unpaired) electrons. The summed E-state index contributed by atoms with van der Waals surface area (Å²) in [5.41, 5.74) is -0.620. The van der Waals surface area contributed by atoms with Crippen LogP contribution in [0, 0.1) is 0 Å². The number of nitrogens with zero attached hydrogens (tertiary/aromatic N) is 1. The molecule has 1 aliphatic heterocycles. The van der Waals surface area contributed by atoms with Gasteiger partial charge in [-0.2, -0.15) is 0 Å². The highest BCUT2D eigenvalue weighted by Gasteiger charge is 2.51. The van der Waals surface area contributed by atoms with E-state index in [0.717, 1.165) is 16.2 Å². The van der Waals surface area contributed by atoms with Crippen LogP contribution in [0.2, 0.25) is 9.36 Å². The van der Waals surface area contributed by atoms with Crippen LogP contribution in [0.25, 0.3) is 0 Å². The standard InChI is InChI=1S/C17H14Cl2N2O3S/c1-2-17(10-4-3-5-11(18)8-10)15(23)21(16(24)20-17)9-12(22)13-6-7-14(19)25-13/h3-8H,2,9H2,1H3,(H,20,24). The van der Waals surface area contributed by atoms with E-state index in [0.29, 0.717) is 26.2 Å². The van der Waals surface area contributed by atoms with Crippen LogP contribution >= 0.6 is 34.5 Å². The van der Waals surface area contributed by atoms with Crippen molar-refractivity contribution in [2.24, 2.45) is 0 Å². The number of carbonyl (C=O) groups is 3. The summed E-state index contributed by atoms with van der Waals surface area (Å²) in [5, 5.41) is 3.19. The van der Waals surface area contributed by atoms with E-state index in [1.54, 1.807) is 43.3 Å². The average Bonchev–Trinajstić information content (AvgIpc) is 3.12. The summed E-state index contributed by atoms with van der Waals surface area (Å²) in [6, 6.07) is 9.38. The predicted molar refractivity (Wildman–Crippen MR) is 97.3 cm³/mol. The number of halogens is 2. The second-order valence-corrected chi connectivity index (χ2v) is 7.77. The summed E-state index contributed by atoms with van der Waals surface area (Å²) >= 11 is 13.0. The second-order valence-electron chi connectivity index (χ2n) is 5.62. The summed E-state index contributed by atoms with van der Waals surface area (Å²) in [6.07, 6.45) is 0.341. The molecule has 1 N–H and O–H groups in total. The van der Waals surface area contributed by atoms with Gasteiger partial charge in [-0.05, 0) is 36.2 Å². The molecule has 1 aliphatic rings. The number of hydrogen-bond donors (Lipinski definition) is 1. The molecule has 1 atom stereocenters. The van der Waals surface area contributed by atoms with E-state index in [4.69, 9.17) is 23.2 Å². The summed E-state index contributed by atoms with van der Waals surface area (Å²) in [4.78, 5) is 39.1. The third-order valence-corrected chi connectivity index (χ3v) is 5.68. The third-order valence-electron chi connectivity index (χ3n) is 4.17. The van der Waals surface area contributed by atoms with E-state index in [2.05, 4.69) is 5.32 Å². The van der Waals surface area contributed by atoms with Crippen LogP contribution < -0.4 is 5.32 Å². The van der Waals surface area contributed by atoms with Gasteiger partial charge in [0.05, 0.1) is 15.8 Å². The van der Waals surface area contributed by atoms with Crippen molar-refractivity contribution in [2.75, 3.05) is 6.54 Å². The Kier molecular flexibility index (Phi) is 4.86. The summed E-state index contributed by atoms with van der Waals surface area (Å²) in [7, 11) is 0. The largest absolute Gasteiger partial charge is 0.325 e. The lowest BCUT2D eigenvalue weighted by molar-refractivity contribution is -0.131. The Labute approximate surface area is 158 Å². The minimum atomic E-state index is -1.21. The average molecular weight is 397 g/mol. The predicted octanol–water partition coefficient (Wildman–Crippen LogP) is 4.09. The van der Waals surface area contributed by atoms with E-state index in [9.17, 15) is 14.4 Å². The fraction of sp³-hybridized carbons (Fsp3) is 0.235. The molecule has 0 bridgehead atoms. The monoisotopic (exact) mass is 396 g/mol. The van der Waals surface area contributed by atoms with E-state index in [1.165, 1.54) is 0 Å². The van der Waals surface area contributed by atoms with Gasteiger partial charge in [-0.3, -0.25) is 14.5 Å². The van der Waals surface area contributed by atoms with Crippen LogP contribution in [0.3, 0.4) is 0 Å². The molecular formula is C17H14Cl2N2O3S. The van der Waals surface area contributed by atoms with Crippen molar-refractivity contribution in [2.45, 2.75) is 18.9 Å². The first-order valence-corrected chi connectivity index (χ1v) is 9.13. The topological polar surface area (TPSA) is 66.5 Å². The van der Waals surface area contributed by atoms with Gasteiger partial charge >= 0.3 is 6.03 Å². The van der Waals surface area contributed by atoms with Crippen molar-refractivity contribution >= 4 is 52.3 Å². The number of nitrogens with one attached hydrogen (secondary N) is 1. The molecule has 1 aromatic heterocycles. The van der Waals surface area contributed by atoms with Crippen LogP contribution in [0.15, 0.2) is 36.4 Å². The Bertz CT molecular complexity index is 867. The molecule has 3 amide bonds. The quantitative estimate of drug-likeness (QED) is 0.610. The molecule has 8 heteroatoms. The highest BCUT2D eigenvalue weighted by molar-refractivity contribution is 7.18. The number of urea groups is 1. The number of thiophene rings is 1. The third kappa shape index (κ3) is 3.17. The zero-order valence-corrected chi connectivity index (χ0v) is 15.5. The number of ketones is 1. The zero-order valence-electron chi connectivity index (χ0n) is 13.2. The van der Waals surface area contributed by atoms with Gasteiger partial charge in [0.15, 0.2) is 5.78 Å². The summed E-state index contributed by atoms with van der Waals surface area (Å²) < 4.78 is 0.474. The van der Waals surface area contributed by atoms with Crippen LogP contribution in [0.1, 0.15) is 28.6 Å². The number of amides is 3. The summed E-state index contributed by atoms with van der Waals surface area (Å²) in [5.74, 6) is -0.795. The van der Waals surface area contributed by atoms with Crippen molar-refractivity contribution in [1.29, 1.82) is 0 Å². The number of hydrogen-bond acceptors (Lipinski definition) is 4. The van der Waals surface area contributed by atoms with Gasteiger partial charge in [0.25, 0.3) is 5.91 Å².